The maximum atomic E-state index is 12.3. The third-order valence-electron chi connectivity index (χ3n) is 2.05. The number of nitrogens with zero attached hydrogens (tertiary/aromatic N) is 2. The van der Waals surface area contributed by atoms with Gasteiger partial charge in [0.2, 0.25) is 0 Å². The van der Waals surface area contributed by atoms with Crippen molar-refractivity contribution in [2.24, 2.45) is 0 Å². The Labute approximate surface area is 98.2 Å². The Hall–Kier alpha value is -1.95. The third-order valence-corrected chi connectivity index (χ3v) is 2.51. The molecular weight excluding hydrogens is 243 g/mol. The summed E-state index contributed by atoms with van der Waals surface area (Å²) in [5.41, 5.74) is 1.35. The zero-order chi connectivity index (χ0) is 12.3. The number of hydrogen-bond acceptors (Lipinski definition) is 3. The van der Waals surface area contributed by atoms with E-state index in [-0.39, 0.29) is 0 Å². The highest BCUT2D eigenvalue weighted by Crippen LogP contribution is 2.09. The zero-order valence-corrected chi connectivity index (χ0v) is 9.51. The minimum absolute atomic E-state index is 0.499. The standard InChI is InChI=1S/C11H9FN2O2S/c12-17(15,16)7-6-10-8-13-14(9-10)11-4-2-1-3-5-11/h1-9H/b7-6+. The molecule has 6 heteroatoms. The Balaban J connectivity index is 2.26. The van der Waals surface area contributed by atoms with E-state index in [1.807, 2.05) is 30.3 Å². The number of halogens is 1. The summed E-state index contributed by atoms with van der Waals surface area (Å²) in [6.07, 6.45) is 4.22. The van der Waals surface area contributed by atoms with Crippen molar-refractivity contribution in [2.75, 3.05) is 0 Å². The predicted molar refractivity (Wildman–Crippen MR) is 62.6 cm³/mol. The van der Waals surface area contributed by atoms with Crippen molar-refractivity contribution in [1.82, 2.24) is 9.78 Å². The molecule has 1 aromatic heterocycles. The molecule has 1 aromatic carbocycles. The van der Waals surface area contributed by atoms with Gasteiger partial charge >= 0.3 is 10.2 Å². The van der Waals surface area contributed by atoms with Crippen molar-refractivity contribution >= 4 is 16.3 Å². The van der Waals surface area contributed by atoms with Gasteiger partial charge in [0.05, 0.1) is 17.3 Å². The van der Waals surface area contributed by atoms with Crippen molar-refractivity contribution < 1.29 is 12.3 Å². The van der Waals surface area contributed by atoms with Gasteiger partial charge in [-0.05, 0) is 18.2 Å². The first-order valence-electron chi connectivity index (χ1n) is 4.77. The van der Waals surface area contributed by atoms with Crippen LogP contribution in [0.2, 0.25) is 0 Å². The van der Waals surface area contributed by atoms with Gasteiger partial charge in [0.15, 0.2) is 0 Å². The Morgan fingerprint density at radius 1 is 1.24 bits per heavy atom. The van der Waals surface area contributed by atoms with Crippen LogP contribution in [0.4, 0.5) is 3.89 Å². The lowest BCUT2D eigenvalue weighted by Gasteiger charge is -1.98. The van der Waals surface area contributed by atoms with Crippen LogP contribution in [0.5, 0.6) is 0 Å². The summed E-state index contributed by atoms with van der Waals surface area (Å²) in [6, 6.07) is 9.30. The van der Waals surface area contributed by atoms with E-state index >= 15 is 0 Å². The third kappa shape index (κ3) is 3.25. The maximum Gasteiger partial charge on any atom is 0.325 e. The van der Waals surface area contributed by atoms with Crippen molar-refractivity contribution in [3.05, 3.63) is 53.7 Å². The first-order valence-corrected chi connectivity index (χ1v) is 6.22. The summed E-state index contributed by atoms with van der Waals surface area (Å²) >= 11 is 0. The Morgan fingerprint density at radius 3 is 2.59 bits per heavy atom. The second-order valence-corrected chi connectivity index (χ2v) is 4.56. The molecule has 0 aliphatic heterocycles. The molecule has 2 aromatic rings. The molecule has 0 unspecified atom stereocenters. The fourth-order valence-electron chi connectivity index (χ4n) is 1.30. The second kappa shape index (κ2) is 4.50. The smallest absolute Gasteiger partial charge is 0.240 e. The van der Waals surface area contributed by atoms with Gasteiger partial charge in [0.1, 0.15) is 0 Å². The topological polar surface area (TPSA) is 52.0 Å². The van der Waals surface area contributed by atoms with E-state index in [0.29, 0.717) is 11.0 Å². The normalized spacial score (nSPS) is 12.1. The van der Waals surface area contributed by atoms with Crippen LogP contribution in [0.15, 0.2) is 48.1 Å². The van der Waals surface area contributed by atoms with Crippen LogP contribution in [-0.4, -0.2) is 18.2 Å². The number of benzene rings is 1. The van der Waals surface area contributed by atoms with Crippen LogP contribution in [0.25, 0.3) is 11.8 Å². The van der Waals surface area contributed by atoms with Crippen LogP contribution >= 0.6 is 0 Å². The molecule has 88 valence electrons. The Kier molecular flexibility index (Phi) is 3.06. The van der Waals surface area contributed by atoms with E-state index in [1.165, 1.54) is 6.20 Å². The molecule has 17 heavy (non-hydrogen) atoms. The van der Waals surface area contributed by atoms with Crippen LogP contribution < -0.4 is 0 Å². The van der Waals surface area contributed by atoms with Crippen LogP contribution in [-0.2, 0) is 10.2 Å². The van der Waals surface area contributed by atoms with Crippen molar-refractivity contribution in [2.45, 2.75) is 0 Å². The van der Waals surface area contributed by atoms with E-state index in [4.69, 9.17) is 0 Å². The highest BCUT2D eigenvalue weighted by Gasteiger charge is 2.01. The minimum atomic E-state index is -4.60. The van der Waals surface area contributed by atoms with Gasteiger partial charge in [-0.15, -0.1) is 3.89 Å². The van der Waals surface area contributed by atoms with Crippen LogP contribution in [0, 0.1) is 0 Å². The van der Waals surface area contributed by atoms with E-state index < -0.39 is 10.2 Å². The van der Waals surface area contributed by atoms with Crippen molar-refractivity contribution in [1.29, 1.82) is 0 Å². The predicted octanol–water partition coefficient (Wildman–Crippen LogP) is 2.14. The molecule has 0 atom stereocenters. The van der Waals surface area contributed by atoms with E-state index in [2.05, 4.69) is 5.10 Å². The van der Waals surface area contributed by atoms with Crippen molar-refractivity contribution in [3.63, 3.8) is 0 Å². The van der Waals surface area contributed by atoms with Gasteiger partial charge in [-0.1, -0.05) is 18.2 Å². The van der Waals surface area contributed by atoms with Gasteiger partial charge in [0, 0.05) is 11.8 Å². The lowest BCUT2D eigenvalue weighted by atomic mass is 10.3. The maximum absolute atomic E-state index is 12.3. The molecule has 0 radical (unpaired) electrons. The SMILES string of the molecule is O=S(=O)(F)/C=C/c1cnn(-c2ccccc2)c1. The van der Waals surface area contributed by atoms with Crippen LogP contribution in [0.3, 0.4) is 0 Å². The molecule has 0 saturated carbocycles. The molecule has 0 aliphatic carbocycles. The molecule has 0 saturated heterocycles. The molecule has 2 rings (SSSR count). The monoisotopic (exact) mass is 252 g/mol. The molecule has 0 N–H and O–H groups in total. The summed E-state index contributed by atoms with van der Waals surface area (Å²) in [6.45, 7) is 0. The van der Waals surface area contributed by atoms with E-state index in [1.54, 1.807) is 10.9 Å². The number of aromatic nitrogens is 2. The Morgan fingerprint density at radius 2 is 1.94 bits per heavy atom. The molecule has 0 spiro atoms. The van der Waals surface area contributed by atoms with Gasteiger partial charge in [-0.25, -0.2) is 4.68 Å². The second-order valence-electron chi connectivity index (χ2n) is 3.33. The molecule has 0 fully saturated rings. The number of para-hydroxylation sites is 1. The summed E-state index contributed by atoms with van der Waals surface area (Å²) in [5.74, 6) is 0. The average molecular weight is 252 g/mol. The fourth-order valence-corrected chi connectivity index (χ4v) is 1.62. The molecular formula is C11H9FN2O2S. The van der Waals surface area contributed by atoms with Gasteiger partial charge in [-0.3, -0.25) is 0 Å². The summed E-state index contributed by atoms with van der Waals surface area (Å²) in [5, 5.41) is 4.53. The molecule has 0 amide bonds. The summed E-state index contributed by atoms with van der Waals surface area (Å²) < 4.78 is 34.4. The van der Waals surface area contributed by atoms with Gasteiger partial charge < -0.3 is 0 Å². The number of rotatable bonds is 3. The first-order chi connectivity index (χ1) is 8.04. The molecule has 1 heterocycles. The molecule has 0 bridgehead atoms. The van der Waals surface area contributed by atoms with Crippen molar-refractivity contribution in [3.8, 4) is 5.69 Å². The highest BCUT2D eigenvalue weighted by atomic mass is 32.3. The lowest BCUT2D eigenvalue weighted by Crippen LogP contribution is -1.92. The number of hydrogen-bond donors (Lipinski definition) is 0. The summed E-state index contributed by atoms with van der Waals surface area (Å²) in [7, 11) is -4.60. The quantitative estimate of drug-likeness (QED) is 0.786. The molecule has 0 aliphatic rings. The van der Waals surface area contributed by atoms with Gasteiger partial charge in [0.25, 0.3) is 0 Å². The Bertz CT molecular complexity index is 633. The fraction of sp³-hybridized carbons (Fsp3) is 0. The average Bonchev–Trinajstić information content (AvgIpc) is 2.75. The van der Waals surface area contributed by atoms with E-state index in [9.17, 15) is 12.3 Å². The lowest BCUT2D eigenvalue weighted by molar-refractivity contribution is 0.563. The summed E-state index contributed by atoms with van der Waals surface area (Å²) in [4.78, 5) is 0. The zero-order valence-electron chi connectivity index (χ0n) is 8.69. The minimum Gasteiger partial charge on any atom is -0.240 e. The highest BCUT2D eigenvalue weighted by molar-refractivity contribution is 7.89. The van der Waals surface area contributed by atoms with E-state index in [0.717, 1.165) is 11.8 Å². The van der Waals surface area contributed by atoms with Crippen LogP contribution in [0.1, 0.15) is 5.56 Å². The first kappa shape index (κ1) is 11.5. The largest absolute Gasteiger partial charge is 0.325 e. The molecule has 4 nitrogen and oxygen atoms in total. The van der Waals surface area contributed by atoms with Gasteiger partial charge in [-0.2, -0.15) is 13.5 Å².